The van der Waals surface area contributed by atoms with Crippen molar-refractivity contribution in [2.75, 3.05) is 0 Å². The second-order valence-corrected chi connectivity index (χ2v) is 5.50. The van der Waals surface area contributed by atoms with Crippen LogP contribution in [0.15, 0.2) is 48.7 Å². The van der Waals surface area contributed by atoms with Crippen molar-refractivity contribution in [2.24, 2.45) is 0 Å². The summed E-state index contributed by atoms with van der Waals surface area (Å²) in [6, 6.07) is 14.6. The van der Waals surface area contributed by atoms with Gasteiger partial charge in [-0.15, -0.1) is 11.6 Å². The largest absolute Gasteiger partial charge is 0.261 e. The summed E-state index contributed by atoms with van der Waals surface area (Å²) in [6.07, 6.45) is 2.94. The minimum absolute atomic E-state index is 0.120. The molecule has 1 heterocycles. The molecule has 1 aliphatic carbocycles. The summed E-state index contributed by atoms with van der Waals surface area (Å²) in [5, 5.41) is 0.120. The number of rotatable bonds is 3. The van der Waals surface area contributed by atoms with Gasteiger partial charge in [-0.05, 0) is 29.7 Å². The first-order valence-electron chi connectivity index (χ1n) is 6.40. The molecular weight excluding hydrogens is 242 g/mol. The fourth-order valence-electron chi connectivity index (χ4n) is 2.74. The Morgan fingerprint density at radius 2 is 1.94 bits per heavy atom. The van der Waals surface area contributed by atoms with Gasteiger partial charge in [0.25, 0.3) is 0 Å². The topological polar surface area (TPSA) is 12.9 Å². The molecule has 0 spiro atoms. The average Bonchev–Trinajstić information content (AvgIpc) is 2.40. The molecule has 0 aliphatic heterocycles. The number of halogens is 1. The lowest BCUT2D eigenvalue weighted by atomic mass is 9.72. The van der Waals surface area contributed by atoms with E-state index >= 15 is 0 Å². The molecule has 18 heavy (non-hydrogen) atoms. The van der Waals surface area contributed by atoms with Crippen LogP contribution >= 0.6 is 11.6 Å². The van der Waals surface area contributed by atoms with E-state index in [0.717, 1.165) is 12.1 Å². The average molecular weight is 258 g/mol. The van der Waals surface area contributed by atoms with Gasteiger partial charge in [0.05, 0.1) is 0 Å². The maximum Gasteiger partial charge on any atom is 0.0488 e. The first kappa shape index (κ1) is 11.7. The molecule has 0 saturated heterocycles. The lowest BCUT2D eigenvalue weighted by Crippen LogP contribution is -2.29. The van der Waals surface area contributed by atoms with E-state index in [2.05, 4.69) is 42.2 Å². The van der Waals surface area contributed by atoms with Crippen LogP contribution in [0.3, 0.4) is 0 Å². The molecular formula is C16H16ClN. The SMILES string of the molecule is CC(c1ccccn1)C(Cl)C1Cc2ccccc21. The highest BCUT2D eigenvalue weighted by molar-refractivity contribution is 6.21. The predicted octanol–water partition coefficient (Wildman–Crippen LogP) is 4.13. The van der Waals surface area contributed by atoms with Gasteiger partial charge in [-0.3, -0.25) is 4.98 Å². The normalized spacial score (nSPS) is 20.7. The van der Waals surface area contributed by atoms with Gasteiger partial charge in [0.2, 0.25) is 0 Å². The Kier molecular flexibility index (Phi) is 3.09. The van der Waals surface area contributed by atoms with Gasteiger partial charge in [-0.2, -0.15) is 0 Å². The number of hydrogen-bond donors (Lipinski definition) is 0. The summed E-state index contributed by atoms with van der Waals surface area (Å²) < 4.78 is 0. The van der Waals surface area contributed by atoms with Gasteiger partial charge >= 0.3 is 0 Å². The number of nitrogens with zero attached hydrogens (tertiary/aromatic N) is 1. The minimum Gasteiger partial charge on any atom is -0.261 e. The molecule has 0 saturated carbocycles. The third-order valence-electron chi connectivity index (χ3n) is 3.91. The molecule has 3 unspecified atom stereocenters. The van der Waals surface area contributed by atoms with Gasteiger partial charge in [0.15, 0.2) is 0 Å². The highest BCUT2D eigenvalue weighted by atomic mass is 35.5. The summed E-state index contributed by atoms with van der Waals surface area (Å²) in [6.45, 7) is 2.17. The smallest absolute Gasteiger partial charge is 0.0488 e. The molecule has 1 aromatic carbocycles. The third-order valence-corrected chi connectivity index (χ3v) is 4.59. The number of benzene rings is 1. The van der Waals surface area contributed by atoms with E-state index in [-0.39, 0.29) is 11.3 Å². The summed E-state index contributed by atoms with van der Waals surface area (Å²) in [5.41, 5.74) is 3.95. The van der Waals surface area contributed by atoms with Crippen molar-refractivity contribution in [2.45, 2.75) is 30.6 Å². The Morgan fingerprint density at radius 3 is 2.67 bits per heavy atom. The lowest BCUT2D eigenvalue weighted by molar-refractivity contribution is 0.512. The Bertz CT molecular complexity index is 536. The van der Waals surface area contributed by atoms with Gasteiger partial charge in [-0.25, -0.2) is 0 Å². The third kappa shape index (κ3) is 1.93. The highest BCUT2D eigenvalue weighted by Crippen LogP contribution is 2.43. The van der Waals surface area contributed by atoms with E-state index in [0.29, 0.717) is 5.92 Å². The molecule has 0 bridgehead atoms. The van der Waals surface area contributed by atoms with Crippen molar-refractivity contribution in [1.82, 2.24) is 4.98 Å². The van der Waals surface area contributed by atoms with Gasteiger partial charge < -0.3 is 0 Å². The van der Waals surface area contributed by atoms with Crippen LogP contribution in [0.1, 0.15) is 35.6 Å². The molecule has 92 valence electrons. The summed E-state index contributed by atoms with van der Waals surface area (Å²) in [4.78, 5) is 4.41. The van der Waals surface area contributed by atoms with E-state index in [1.54, 1.807) is 0 Å². The predicted molar refractivity (Wildman–Crippen MR) is 75.2 cm³/mol. The molecule has 2 heteroatoms. The fourth-order valence-corrected chi connectivity index (χ4v) is 3.09. The molecule has 0 N–H and O–H groups in total. The molecule has 0 radical (unpaired) electrons. The van der Waals surface area contributed by atoms with Crippen molar-refractivity contribution in [3.63, 3.8) is 0 Å². The molecule has 0 fully saturated rings. The van der Waals surface area contributed by atoms with Crippen molar-refractivity contribution >= 4 is 11.6 Å². The summed E-state index contributed by atoms with van der Waals surface area (Å²) >= 11 is 6.66. The van der Waals surface area contributed by atoms with Crippen LogP contribution in [0, 0.1) is 0 Å². The van der Waals surface area contributed by atoms with Gasteiger partial charge in [0, 0.05) is 29.1 Å². The monoisotopic (exact) mass is 257 g/mol. The Hall–Kier alpha value is -1.34. The second-order valence-electron chi connectivity index (χ2n) is 5.00. The summed E-state index contributed by atoms with van der Waals surface area (Å²) in [7, 11) is 0. The number of fused-ring (bicyclic) bond motifs is 1. The Morgan fingerprint density at radius 1 is 1.17 bits per heavy atom. The Balaban J connectivity index is 1.79. The minimum atomic E-state index is 0.120. The van der Waals surface area contributed by atoms with Crippen LogP contribution in [0.2, 0.25) is 0 Å². The van der Waals surface area contributed by atoms with E-state index < -0.39 is 0 Å². The maximum atomic E-state index is 6.66. The van der Waals surface area contributed by atoms with Crippen LogP contribution in [0.4, 0.5) is 0 Å². The summed E-state index contributed by atoms with van der Waals surface area (Å²) in [5.74, 6) is 0.756. The molecule has 0 amide bonds. The molecule has 1 aliphatic rings. The van der Waals surface area contributed by atoms with Gasteiger partial charge in [-0.1, -0.05) is 37.3 Å². The number of alkyl halides is 1. The lowest BCUT2D eigenvalue weighted by Gasteiger charge is -2.36. The van der Waals surface area contributed by atoms with Crippen LogP contribution in [-0.4, -0.2) is 10.4 Å². The maximum absolute atomic E-state index is 6.66. The van der Waals surface area contributed by atoms with Crippen LogP contribution in [-0.2, 0) is 6.42 Å². The van der Waals surface area contributed by atoms with E-state index in [9.17, 15) is 0 Å². The van der Waals surface area contributed by atoms with E-state index in [1.165, 1.54) is 11.1 Å². The van der Waals surface area contributed by atoms with Crippen molar-refractivity contribution in [3.8, 4) is 0 Å². The van der Waals surface area contributed by atoms with Gasteiger partial charge in [0.1, 0.15) is 0 Å². The molecule has 3 rings (SSSR count). The van der Waals surface area contributed by atoms with E-state index in [1.807, 2.05) is 18.3 Å². The van der Waals surface area contributed by atoms with Crippen molar-refractivity contribution in [3.05, 3.63) is 65.5 Å². The van der Waals surface area contributed by atoms with E-state index in [4.69, 9.17) is 11.6 Å². The Labute approximate surface area is 113 Å². The number of hydrogen-bond acceptors (Lipinski definition) is 1. The first-order chi connectivity index (χ1) is 8.77. The van der Waals surface area contributed by atoms with Crippen LogP contribution in [0.5, 0.6) is 0 Å². The fraction of sp³-hybridized carbons (Fsp3) is 0.312. The zero-order valence-electron chi connectivity index (χ0n) is 10.4. The first-order valence-corrected chi connectivity index (χ1v) is 6.84. The quantitative estimate of drug-likeness (QED) is 0.754. The molecule has 1 nitrogen and oxygen atoms in total. The highest BCUT2D eigenvalue weighted by Gasteiger charge is 2.35. The van der Waals surface area contributed by atoms with Crippen molar-refractivity contribution in [1.29, 1.82) is 0 Å². The zero-order valence-corrected chi connectivity index (χ0v) is 11.1. The van der Waals surface area contributed by atoms with Crippen molar-refractivity contribution < 1.29 is 0 Å². The molecule has 3 atom stereocenters. The zero-order chi connectivity index (χ0) is 12.5. The van der Waals surface area contributed by atoms with Crippen LogP contribution in [0.25, 0.3) is 0 Å². The second kappa shape index (κ2) is 4.74. The van der Waals surface area contributed by atoms with Crippen LogP contribution < -0.4 is 0 Å². The number of pyridine rings is 1. The molecule has 1 aromatic heterocycles. The standard InChI is InChI=1S/C16H16ClN/c1-11(15-8-4-5-9-18-15)16(17)14-10-12-6-2-3-7-13(12)14/h2-9,11,14,16H,10H2,1H3. The molecule has 2 aromatic rings. The number of aromatic nitrogens is 1.